The van der Waals surface area contributed by atoms with E-state index in [9.17, 15) is 0 Å². The summed E-state index contributed by atoms with van der Waals surface area (Å²) in [5.41, 5.74) is 4.97. The van der Waals surface area contributed by atoms with E-state index >= 15 is 0 Å². The summed E-state index contributed by atoms with van der Waals surface area (Å²) in [7, 11) is 0. The highest BCUT2D eigenvalue weighted by atomic mass is 35.5. The molecule has 102 valence electrons. The van der Waals surface area contributed by atoms with E-state index in [0.29, 0.717) is 12.5 Å². The Bertz CT molecular complexity index is 382. The van der Waals surface area contributed by atoms with E-state index in [1.165, 1.54) is 0 Å². The molecule has 1 rings (SSSR count). The van der Waals surface area contributed by atoms with Gasteiger partial charge in [-0.2, -0.15) is 0 Å². The number of halogens is 1. The van der Waals surface area contributed by atoms with E-state index in [-0.39, 0.29) is 12.1 Å². The second-order valence-corrected chi connectivity index (χ2v) is 5.22. The Balaban J connectivity index is 3.02. The first-order chi connectivity index (χ1) is 8.51. The first-order valence-electron chi connectivity index (χ1n) is 6.35. The third-order valence-electron chi connectivity index (χ3n) is 3.08. The molecule has 0 bridgehead atoms. The Morgan fingerprint density at radius 3 is 2.50 bits per heavy atom. The Morgan fingerprint density at radius 2 is 2.06 bits per heavy atom. The van der Waals surface area contributed by atoms with Gasteiger partial charge in [-0.15, -0.1) is 0 Å². The zero-order chi connectivity index (χ0) is 13.7. The van der Waals surface area contributed by atoms with Gasteiger partial charge in [-0.1, -0.05) is 37.6 Å². The van der Waals surface area contributed by atoms with Gasteiger partial charge in [0.2, 0.25) is 0 Å². The Hall–Kier alpha value is -0.610. The first-order valence-corrected chi connectivity index (χ1v) is 6.72. The van der Waals surface area contributed by atoms with Crippen molar-refractivity contribution in [2.75, 3.05) is 6.61 Å². The zero-order valence-corrected chi connectivity index (χ0v) is 12.3. The van der Waals surface area contributed by atoms with Crippen LogP contribution < -0.4 is 11.3 Å². The van der Waals surface area contributed by atoms with E-state index in [0.717, 1.165) is 16.1 Å². The van der Waals surface area contributed by atoms with Gasteiger partial charge in [-0.05, 0) is 37.0 Å². The molecule has 0 aliphatic carbocycles. The molecular formula is C14H23ClN2O. The summed E-state index contributed by atoms with van der Waals surface area (Å²) in [4.78, 5) is 0. The van der Waals surface area contributed by atoms with Crippen molar-refractivity contribution in [2.24, 2.45) is 11.8 Å². The van der Waals surface area contributed by atoms with Crippen molar-refractivity contribution >= 4 is 11.6 Å². The molecule has 2 unspecified atom stereocenters. The maximum Gasteiger partial charge on any atom is 0.0805 e. The predicted molar refractivity (Wildman–Crippen MR) is 76.5 cm³/mol. The van der Waals surface area contributed by atoms with Crippen molar-refractivity contribution in [3.05, 3.63) is 34.3 Å². The van der Waals surface area contributed by atoms with Crippen molar-refractivity contribution in [3.63, 3.8) is 0 Å². The molecule has 0 radical (unpaired) electrons. The highest BCUT2D eigenvalue weighted by Crippen LogP contribution is 2.27. The molecule has 0 aliphatic heterocycles. The Kier molecular flexibility index (Phi) is 6.09. The average molecular weight is 271 g/mol. The van der Waals surface area contributed by atoms with Crippen molar-refractivity contribution in [1.82, 2.24) is 5.43 Å². The summed E-state index contributed by atoms with van der Waals surface area (Å²) in [5.74, 6) is 6.06. The third kappa shape index (κ3) is 3.69. The molecule has 0 aromatic heterocycles. The molecule has 0 fully saturated rings. The lowest BCUT2D eigenvalue weighted by molar-refractivity contribution is 0.00277. The topological polar surface area (TPSA) is 47.3 Å². The number of hydrogen-bond donors (Lipinski definition) is 2. The van der Waals surface area contributed by atoms with Crippen molar-refractivity contribution in [2.45, 2.75) is 39.8 Å². The molecule has 0 spiro atoms. The van der Waals surface area contributed by atoms with Gasteiger partial charge in [-0.3, -0.25) is 11.3 Å². The molecule has 18 heavy (non-hydrogen) atoms. The SMILES string of the molecule is CCOC(C(C)C)C(NN)c1ccc(C)c(Cl)c1. The molecule has 1 aromatic rings. The lowest BCUT2D eigenvalue weighted by atomic mass is 9.93. The fourth-order valence-electron chi connectivity index (χ4n) is 2.05. The quantitative estimate of drug-likeness (QED) is 0.616. The summed E-state index contributed by atoms with van der Waals surface area (Å²) in [6, 6.07) is 5.95. The Labute approximate surface area is 115 Å². The van der Waals surface area contributed by atoms with Crippen LogP contribution in [-0.4, -0.2) is 12.7 Å². The number of nitrogens with two attached hydrogens (primary N) is 1. The highest BCUT2D eigenvalue weighted by molar-refractivity contribution is 6.31. The van der Waals surface area contributed by atoms with Crippen molar-refractivity contribution in [3.8, 4) is 0 Å². The summed E-state index contributed by atoms with van der Waals surface area (Å²) in [6.07, 6.45) is 0.0266. The van der Waals surface area contributed by atoms with Gasteiger partial charge in [0.15, 0.2) is 0 Å². The second-order valence-electron chi connectivity index (χ2n) is 4.82. The second kappa shape index (κ2) is 7.10. The smallest absolute Gasteiger partial charge is 0.0805 e. The van der Waals surface area contributed by atoms with Crippen LogP contribution in [0.1, 0.15) is 37.9 Å². The fourth-order valence-corrected chi connectivity index (χ4v) is 2.24. The molecule has 0 saturated heterocycles. The standard InChI is InChI=1S/C14H23ClN2O/c1-5-18-14(9(2)3)13(17-16)11-7-6-10(4)12(15)8-11/h6-9,13-14,17H,5,16H2,1-4H3. The summed E-state index contributed by atoms with van der Waals surface area (Å²) >= 11 is 6.17. The van der Waals surface area contributed by atoms with Crippen LogP contribution in [0, 0.1) is 12.8 Å². The van der Waals surface area contributed by atoms with Gasteiger partial charge in [0.25, 0.3) is 0 Å². The highest BCUT2D eigenvalue weighted by Gasteiger charge is 2.25. The van der Waals surface area contributed by atoms with E-state index in [2.05, 4.69) is 19.3 Å². The van der Waals surface area contributed by atoms with Crippen LogP contribution in [0.4, 0.5) is 0 Å². The maximum absolute atomic E-state index is 6.17. The molecule has 4 heteroatoms. The minimum absolute atomic E-state index is 0.0266. The number of aryl methyl sites for hydroxylation is 1. The van der Waals surface area contributed by atoms with Crippen LogP contribution in [-0.2, 0) is 4.74 Å². The van der Waals surface area contributed by atoms with Gasteiger partial charge in [-0.25, -0.2) is 0 Å². The Morgan fingerprint density at radius 1 is 1.39 bits per heavy atom. The molecule has 3 nitrogen and oxygen atoms in total. The maximum atomic E-state index is 6.17. The predicted octanol–water partition coefficient (Wildman–Crippen LogP) is 3.21. The van der Waals surface area contributed by atoms with Crippen LogP contribution in [0.3, 0.4) is 0 Å². The van der Waals surface area contributed by atoms with Crippen LogP contribution in [0.5, 0.6) is 0 Å². The lowest BCUT2D eigenvalue weighted by Gasteiger charge is -2.30. The largest absolute Gasteiger partial charge is 0.376 e. The zero-order valence-electron chi connectivity index (χ0n) is 11.5. The van der Waals surface area contributed by atoms with Gasteiger partial charge >= 0.3 is 0 Å². The molecule has 2 atom stereocenters. The molecule has 0 saturated carbocycles. The molecular weight excluding hydrogens is 248 g/mol. The summed E-state index contributed by atoms with van der Waals surface area (Å²) in [5, 5.41) is 0.756. The minimum atomic E-state index is -0.0527. The molecule has 1 aromatic carbocycles. The fraction of sp³-hybridized carbons (Fsp3) is 0.571. The van der Waals surface area contributed by atoms with Crippen LogP contribution in [0.25, 0.3) is 0 Å². The lowest BCUT2D eigenvalue weighted by Crippen LogP contribution is -2.40. The number of hydrogen-bond acceptors (Lipinski definition) is 3. The minimum Gasteiger partial charge on any atom is -0.376 e. The van der Waals surface area contributed by atoms with Crippen molar-refractivity contribution in [1.29, 1.82) is 0 Å². The molecule has 0 aliphatic rings. The summed E-state index contributed by atoms with van der Waals surface area (Å²) < 4.78 is 5.80. The van der Waals surface area contributed by atoms with Gasteiger partial charge in [0, 0.05) is 11.6 Å². The van der Waals surface area contributed by atoms with Crippen LogP contribution >= 0.6 is 11.6 Å². The number of rotatable bonds is 6. The monoisotopic (exact) mass is 270 g/mol. The van der Waals surface area contributed by atoms with E-state index in [4.69, 9.17) is 22.2 Å². The normalized spacial score (nSPS) is 14.8. The average Bonchev–Trinajstić information content (AvgIpc) is 2.33. The third-order valence-corrected chi connectivity index (χ3v) is 3.49. The van der Waals surface area contributed by atoms with Gasteiger partial charge in [0.1, 0.15) is 0 Å². The molecule has 3 N–H and O–H groups in total. The number of benzene rings is 1. The van der Waals surface area contributed by atoms with Crippen LogP contribution in [0.2, 0.25) is 5.02 Å². The van der Waals surface area contributed by atoms with E-state index in [1.54, 1.807) is 0 Å². The van der Waals surface area contributed by atoms with Crippen molar-refractivity contribution < 1.29 is 4.74 Å². The van der Waals surface area contributed by atoms with E-state index in [1.807, 2.05) is 32.0 Å². The van der Waals surface area contributed by atoms with Gasteiger partial charge < -0.3 is 4.74 Å². The van der Waals surface area contributed by atoms with Crippen LogP contribution in [0.15, 0.2) is 18.2 Å². The van der Waals surface area contributed by atoms with Gasteiger partial charge in [0.05, 0.1) is 12.1 Å². The number of nitrogens with one attached hydrogen (secondary N) is 1. The molecule has 0 heterocycles. The van der Waals surface area contributed by atoms with E-state index < -0.39 is 0 Å². The molecule has 0 amide bonds. The number of ether oxygens (including phenoxy) is 1. The number of hydrazine groups is 1. The summed E-state index contributed by atoms with van der Waals surface area (Å²) in [6.45, 7) is 8.89. The first kappa shape index (κ1) is 15.4.